The molecule has 0 heterocycles. The molecule has 0 saturated heterocycles. The van der Waals surface area contributed by atoms with Gasteiger partial charge in [0.25, 0.3) is 0 Å². The molecule has 0 unspecified atom stereocenters. The van der Waals surface area contributed by atoms with Gasteiger partial charge >= 0.3 is 6.09 Å². The summed E-state index contributed by atoms with van der Waals surface area (Å²) in [4.78, 5) is 28.3. The fraction of sp³-hybridized carbons (Fsp3) is 0.812. The Morgan fingerprint density at radius 3 is 2.09 bits per heavy atom. The Hall–Kier alpha value is -1.79. The third kappa shape index (κ3) is 18.2. The van der Waals surface area contributed by atoms with Crippen LogP contribution in [0.2, 0.25) is 0 Å². The van der Waals surface area contributed by atoms with Crippen LogP contribution in [0.3, 0.4) is 0 Å². The van der Waals surface area contributed by atoms with Crippen LogP contribution in [0.1, 0.15) is 54.4 Å². The molecule has 0 bridgehead atoms. The number of amides is 2. The van der Waals surface area contributed by atoms with Crippen molar-refractivity contribution in [3.63, 3.8) is 0 Å². The monoisotopic (exact) mass is 332 g/mol. The second-order valence-corrected chi connectivity index (χ2v) is 4.33. The van der Waals surface area contributed by atoms with Gasteiger partial charge in [0, 0.05) is 13.1 Å². The molecule has 138 valence electrons. The predicted octanol–water partition coefficient (Wildman–Crippen LogP) is 2.40. The Morgan fingerprint density at radius 2 is 1.70 bits per heavy atom. The van der Waals surface area contributed by atoms with Gasteiger partial charge in [-0.3, -0.25) is 9.79 Å². The van der Waals surface area contributed by atoms with Gasteiger partial charge < -0.3 is 20.7 Å². The van der Waals surface area contributed by atoms with Crippen LogP contribution in [-0.2, 0) is 9.53 Å². The maximum atomic E-state index is 11.8. The van der Waals surface area contributed by atoms with E-state index in [-0.39, 0.29) is 19.0 Å². The Labute approximate surface area is 141 Å². The standard InChI is InChI=1S/C11H22N4O3.C3H8.C2H6/c1-4-6-15(8-9(12)13-5-2)10(16)7-14-11(17)18-3;1-3-2;1-2/h4-8H2,1-3H3,(H2,12,13)(H,14,17);3H2,1-2H3;1-2H3. The van der Waals surface area contributed by atoms with E-state index < -0.39 is 6.09 Å². The van der Waals surface area contributed by atoms with E-state index in [1.54, 1.807) is 4.90 Å². The average molecular weight is 332 g/mol. The molecule has 7 nitrogen and oxygen atoms in total. The highest BCUT2D eigenvalue weighted by Crippen LogP contribution is 1.93. The fourth-order valence-electron chi connectivity index (χ4n) is 1.34. The number of nitrogens with two attached hydrogens (primary N) is 1. The molecule has 0 aromatic carbocycles. The second kappa shape index (κ2) is 20.2. The summed E-state index contributed by atoms with van der Waals surface area (Å²) in [5.41, 5.74) is 5.68. The van der Waals surface area contributed by atoms with Gasteiger partial charge in [-0.1, -0.05) is 41.0 Å². The smallest absolute Gasteiger partial charge is 0.407 e. The van der Waals surface area contributed by atoms with Gasteiger partial charge in [0.1, 0.15) is 12.4 Å². The lowest BCUT2D eigenvalue weighted by molar-refractivity contribution is -0.129. The molecule has 0 rings (SSSR count). The van der Waals surface area contributed by atoms with Crippen LogP contribution in [0, 0.1) is 0 Å². The van der Waals surface area contributed by atoms with Crippen molar-refractivity contribution in [3.05, 3.63) is 0 Å². The van der Waals surface area contributed by atoms with E-state index in [9.17, 15) is 9.59 Å². The number of rotatable bonds is 7. The molecule has 0 saturated carbocycles. The maximum Gasteiger partial charge on any atom is 0.407 e. The van der Waals surface area contributed by atoms with E-state index in [1.807, 2.05) is 27.7 Å². The summed E-state index contributed by atoms with van der Waals surface area (Å²) in [6.45, 7) is 13.4. The van der Waals surface area contributed by atoms with Crippen molar-refractivity contribution < 1.29 is 14.3 Å². The van der Waals surface area contributed by atoms with Gasteiger partial charge in [-0.25, -0.2) is 4.79 Å². The number of alkyl carbamates (subject to hydrolysis) is 1. The van der Waals surface area contributed by atoms with Crippen LogP contribution >= 0.6 is 0 Å². The summed E-state index contributed by atoms with van der Waals surface area (Å²) in [7, 11) is 1.25. The van der Waals surface area contributed by atoms with E-state index >= 15 is 0 Å². The minimum absolute atomic E-state index is 0.105. The molecule has 0 aliphatic heterocycles. The van der Waals surface area contributed by atoms with Crippen molar-refractivity contribution in [2.75, 3.05) is 33.3 Å². The summed E-state index contributed by atoms with van der Waals surface area (Å²) in [6, 6.07) is 0. The average Bonchev–Trinajstić information content (AvgIpc) is 2.54. The van der Waals surface area contributed by atoms with Gasteiger partial charge in [-0.15, -0.1) is 0 Å². The number of hydrogen-bond acceptors (Lipinski definition) is 4. The first-order chi connectivity index (χ1) is 11.0. The molecular weight excluding hydrogens is 296 g/mol. The number of aliphatic imine (C=N–C) groups is 1. The number of methoxy groups -OCH3 is 1. The van der Waals surface area contributed by atoms with E-state index in [1.165, 1.54) is 13.5 Å². The predicted molar refractivity (Wildman–Crippen MR) is 96.8 cm³/mol. The zero-order chi connectivity index (χ0) is 18.7. The Balaban J connectivity index is -0.000000710. The first-order valence-corrected chi connectivity index (χ1v) is 8.34. The Bertz CT molecular complexity index is 320. The van der Waals surface area contributed by atoms with Crippen molar-refractivity contribution >= 4 is 17.8 Å². The minimum atomic E-state index is -0.630. The number of hydrogen-bond donors (Lipinski definition) is 2. The van der Waals surface area contributed by atoms with Crippen LogP contribution in [0.4, 0.5) is 4.79 Å². The lowest BCUT2D eigenvalue weighted by Gasteiger charge is -2.21. The summed E-state index contributed by atoms with van der Waals surface area (Å²) in [5.74, 6) is 0.203. The number of nitrogens with zero attached hydrogens (tertiary/aromatic N) is 2. The quantitative estimate of drug-likeness (QED) is 0.552. The number of ether oxygens (including phenoxy) is 1. The van der Waals surface area contributed by atoms with Crippen molar-refractivity contribution in [2.45, 2.75) is 54.4 Å². The molecule has 0 fully saturated rings. The van der Waals surface area contributed by atoms with E-state index in [0.29, 0.717) is 18.9 Å². The van der Waals surface area contributed by atoms with Crippen LogP contribution in [0.15, 0.2) is 4.99 Å². The summed E-state index contributed by atoms with van der Waals surface area (Å²) in [6.07, 6.45) is 1.43. The molecule has 23 heavy (non-hydrogen) atoms. The van der Waals surface area contributed by atoms with Gasteiger partial charge in [0.05, 0.1) is 13.7 Å². The number of carbonyl (C=O) groups excluding carboxylic acids is 2. The van der Waals surface area contributed by atoms with Crippen molar-refractivity contribution in [1.29, 1.82) is 0 Å². The van der Waals surface area contributed by atoms with Gasteiger partial charge in [-0.05, 0) is 13.3 Å². The molecule has 0 aromatic heterocycles. The Kier molecular flexibility index (Phi) is 23.0. The van der Waals surface area contributed by atoms with Crippen LogP contribution in [0.5, 0.6) is 0 Å². The van der Waals surface area contributed by atoms with Crippen molar-refractivity contribution in [1.82, 2.24) is 10.2 Å². The lowest BCUT2D eigenvalue weighted by atomic mass is 10.3. The van der Waals surface area contributed by atoms with Crippen molar-refractivity contribution in [3.8, 4) is 0 Å². The molecule has 0 spiro atoms. The van der Waals surface area contributed by atoms with Crippen LogP contribution < -0.4 is 11.1 Å². The molecule has 0 aliphatic rings. The third-order valence-corrected chi connectivity index (χ3v) is 2.13. The fourth-order valence-corrected chi connectivity index (χ4v) is 1.34. The first kappa shape index (κ1) is 26.1. The third-order valence-electron chi connectivity index (χ3n) is 2.13. The first-order valence-electron chi connectivity index (χ1n) is 8.34. The highest BCUT2D eigenvalue weighted by molar-refractivity contribution is 5.89. The van der Waals surface area contributed by atoms with E-state index in [4.69, 9.17) is 5.73 Å². The summed E-state index contributed by atoms with van der Waals surface area (Å²) in [5, 5.41) is 2.34. The highest BCUT2D eigenvalue weighted by atomic mass is 16.5. The van der Waals surface area contributed by atoms with E-state index in [2.05, 4.69) is 28.9 Å². The molecule has 3 N–H and O–H groups in total. The zero-order valence-electron chi connectivity index (χ0n) is 15.9. The highest BCUT2D eigenvalue weighted by Gasteiger charge is 2.14. The van der Waals surface area contributed by atoms with Gasteiger partial charge in [0.15, 0.2) is 0 Å². The molecule has 0 aliphatic carbocycles. The SMILES string of the molecule is CC.CCC.CCCN(CC(N)=NCC)C(=O)CNC(=O)OC. The number of carbonyl (C=O) groups is 2. The summed E-state index contributed by atoms with van der Waals surface area (Å²) >= 11 is 0. The molecule has 0 aromatic rings. The molecule has 0 atom stereocenters. The van der Waals surface area contributed by atoms with Gasteiger partial charge in [-0.2, -0.15) is 0 Å². The molecular formula is C16H36N4O3. The molecule has 7 heteroatoms. The van der Waals surface area contributed by atoms with E-state index in [0.717, 1.165) is 6.42 Å². The van der Waals surface area contributed by atoms with Crippen LogP contribution in [-0.4, -0.2) is 56.0 Å². The second-order valence-electron chi connectivity index (χ2n) is 4.33. The topological polar surface area (TPSA) is 97.0 Å². The minimum Gasteiger partial charge on any atom is -0.453 e. The normalized spacial score (nSPS) is 9.61. The maximum absolute atomic E-state index is 11.8. The zero-order valence-corrected chi connectivity index (χ0v) is 15.9. The summed E-state index contributed by atoms with van der Waals surface area (Å²) < 4.78 is 4.39. The lowest BCUT2D eigenvalue weighted by Crippen LogP contribution is -2.44. The Morgan fingerprint density at radius 1 is 1.17 bits per heavy atom. The van der Waals surface area contributed by atoms with Gasteiger partial charge in [0.2, 0.25) is 5.91 Å². The van der Waals surface area contributed by atoms with Crippen LogP contribution in [0.25, 0.3) is 0 Å². The molecule has 0 radical (unpaired) electrons. The number of amidine groups is 1. The largest absolute Gasteiger partial charge is 0.453 e. The number of nitrogens with one attached hydrogen (secondary N) is 1. The molecule has 2 amide bonds. The van der Waals surface area contributed by atoms with Crippen molar-refractivity contribution in [2.24, 2.45) is 10.7 Å².